The second-order valence-electron chi connectivity index (χ2n) is 9.31. The Balaban J connectivity index is 1.23. The molecule has 35 heavy (non-hydrogen) atoms. The van der Waals surface area contributed by atoms with E-state index in [1.54, 1.807) is 57.6 Å². The highest BCUT2D eigenvalue weighted by molar-refractivity contribution is 6.29. The Morgan fingerprint density at radius 2 is 1.89 bits per heavy atom. The molecule has 4 heterocycles. The third-order valence-electron chi connectivity index (χ3n) is 6.46. The van der Waals surface area contributed by atoms with Gasteiger partial charge in [0.2, 0.25) is 11.8 Å². The molecule has 3 aromatic rings. The van der Waals surface area contributed by atoms with E-state index in [1.807, 2.05) is 4.90 Å². The lowest BCUT2D eigenvalue weighted by molar-refractivity contribution is 0.0750. The molecule has 0 bridgehead atoms. The van der Waals surface area contributed by atoms with E-state index in [1.165, 1.54) is 4.68 Å². The quantitative estimate of drug-likeness (QED) is 0.496. The molecule has 0 spiro atoms. The number of carbonyl (C=O) groups excluding carboxylic acids is 1. The third kappa shape index (κ3) is 4.51. The third-order valence-corrected chi connectivity index (χ3v) is 6.65. The number of carboxylic acid groups (broad SMARTS) is 1. The van der Waals surface area contributed by atoms with Crippen LogP contribution in [0.3, 0.4) is 0 Å². The van der Waals surface area contributed by atoms with Crippen LogP contribution >= 0.6 is 11.6 Å². The summed E-state index contributed by atoms with van der Waals surface area (Å²) in [4.78, 5) is 38.7. The van der Waals surface area contributed by atoms with Crippen LogP contribution in [0.5, 0.6) is 5.88 Å². The Morgan fingerprint density at radius 1 is 1.20 bits per heavy atom. The number of amides is 2. The second-order valence-corrected chi connectivity index (χ2v) is 9.70. The number of ether oxygens (including phenoxy) is 1. The van der Waals surface area contributed by atoms with E-state index in [0.29, 0.717) is 41.7 Å². The zero-order valence-electron chi connectivity index (χ0n) is 19.3. The Morgan fingerprint density at radius 3 is 2.54 bits per heavy atom. The van der Waals surface area contributed by atoms with Gasteiger partial charge < -0.3 is 20.1 Å². The fourth-order valence-corrected chi connectivity index (χ4v) is 4.74. The van der Waals surface area contributed by atoms with Gasteiger partial charge in [0.15, 0.2) is 0 Å². The van der Waals surface area contributed by atoms with Gasteiger partial charge in [-0.2, -0.15) is 5.10 Å². The predicted octanol–water partition coefficient (Wildman–Crippen LogP) is 2.67. The van der Waals surface area contributed by atoms with E-state index in [9.17, 15) is 9.59 Å². The van der Waals surface area contributed by atoms with Gasteiger partial charge in [-0.15, -0.1) is 0 Å². The lowest BCUT2D eigenvalue weighted by Crippen LogP contribution is -2.40. The number of aryl methyl sites for hydroxylation is 1. The Labute approximate surface area is 206 Å². The molecule has 1 aliphatic heterocycles. The monoisotopic (exact) mass is 497 g/mol. The number of carbonyl (C=O) groups is 2. The summed E-state index contributed by atoms with van der Waals surface area (Å²) < 4.78 is 7.60. The number of pyridine rings is 1. The number of halogens is 1. The van der Waals surface area contributed by atoms with Crippen molar-refractivity contribution in [1.29, 1.82) is 0 Å². The van der Waals surface area contributed by atoms with Gasteiger partial charge in [0.25, 0.3) is 5.91 Å². The van der Waals surface area contributed by atoms with Crippen LogP contribution in [0, 0.1) is 18.8 Å². The molecular formula is C23H24ClN7O4. The van der Waals surface area contributed by atoms with Gasteiger partial charge in [-0.3, -0.25) is 4.79 Å². The van der Waals surface area contributed by atoms with E-state index in [4.69, 9.17) is 21.4 Å². The Kier molecular flexibility index (Phi) is 5.59. The highest BCUT2D eigenvalue weighted by Gasteiger charge is 2.59. The van der Waals surface area contributed by atoms with E-state index < -0.39 is 11.6 Å². The van der Waals surface area contributed by atoms with Crippen molar-refractivity contribution in [2.24, 2.45) is 11.8 Å². The van der Waals surface area contributed by atoms with Crippen LogP contribution in [-0.4, -0.2) is 65.9 Å². The van der Waals surface area contributed by atoms with Crippen molar-refractivity contribution in [1.82, 2.24) is 34.9 Å². The lowest BCUT2D eigenvalue weighted by atomic mass is 9.95. The second kappa shape index (κ2) is 8.49. The fourth-order valence-electron chi connectivity index (χ4n) is 4.54. The number of nitrogens with one attached hydrogen (secondary N) is 1. The summed E-state index contributed by atoms with van der Waals surface area (Å²) in [6.45, 7) is 6.40. The first-order valence-electron chi connectivity index (χ1n) is 11.1. The molecule has 12 heteroatoms. The number of nitrogens with zero attached hydrogens (tertiary/aromatic N) is 6. The van der Waals surface area contributed by atoms with Gasteiger partial charge >= 0.3 is 6.09 Å². The Bertz CT molecular complexity index is 1280. The maximum Gasteiger partial charge on any atom is 0.405 e. The highest BCUT2D eigenvalue weighted by Crippen LogP contribution is 2.48. The van der Waals surface area contributed by atoms with Crippen LogP contribution < -0.4 is 10.1 Å². The first kappa shape index (κ1) is 23.0. The van der Waals surface area contributed by atoms with Crippen molar-refractivity contribution in [3.8, 4) is 11.8 Å². The molecule has 2 fully saturated rings. The highest BCUT2D eigenvalue weighted by atomic mass is 35.5. The summed E-state index contributed by atoms with van der Waals surface area (Å²) in [5.41, 5.74) is 0.911. The SMILES string of the molecule is Cc1nn(-c2ncccn2)cc1C(=O)N1C[C@@H]2[C@H](C1)[C@@H]2Oc1cc(C(C)(C)NC(=O)O)cc(Cl)n1. The number of piperidine rings is 1. The van der Waals surface area contributed by atoms with Gasteiger partial charge in [0, 0.05) is 49.6 Å². The van der Waals surface area contributed by atoms with Gasteiger partial charge in [-0.25, -0.2) is 24.4 Å². The van der Waals surface area contributed by atoms with Crippen LogP contribution in [0.1, 0.15) is 35.5 Å². The zero-order chi connectivity index (χ0) is 24.9. The van der Waals surface area contributed by atoms with Crippen molar-refractivity contribution in [2.75, 3.05) is 13.1 Å². The van der Waals surface area contributed by atoms with E-state index >= 15 is 0 Å². The fraction of sp³-hybridized carbons (Fsp3) is 0.391. The maximum atomic E-state index is 13.1. The molecule has 0 radical (unpaired) electrons. The van der Waals surface area contributed by atoms with Crippen LogP contribution in [-0.2, 0) is 5.54 Å². The van der Waals surface area contributed by atoms with Crippen LogP contribution in [0.4, 0.5) is 4.79 Å². The topological polar surface area (TPSA) is 135 Å². The summed E-state index contributed by atoms with van der Waals surface area (Å²) in [6.07, 6.45) is 3.70. The molecule has 3 aromatic heterocycles. The first-order chi connectivity index (χ1) is 16.6. The molecule has 2 aliphatic rings. The van der Waals surface area contributed by atoms with Crippen molar-refractivity contribution in [2.45, 2.75) is 32.4 Å². The largest absolute Gasteiger partial charge is 0.474 e. The molecule has 5 rings (SSSR count). The van der Waals surface area contributed by atoms with Crippen molar-refractivity contribution in [3.05, 3.63) is 58.8 Å². The van der Waals surface area contributed by atoms with Crippen molar-refractivity contribution in [3.63, 3.8) is 0 Å². The number of fused-ring (bicyclic) bond motifs is 1. The number of hydrogen-bond acceptors (Lipinski definition) is 7. The van der Waals surface area contributed by atoms with Crippen molar-refractivity contribution < 1.29 is 19.4 Å². The van der Waals surface area contributed by atoms with Crippen LogP contribution in [0.2, 0.25) is 5.15 Å². The molecule has 11 nitrogen and oxygen atoms in total. The van der Waals surface area contributed by atoms with Gasteiger partial charge in [-0.05, 0) is 38.5 Å². The molecule has 2 amide bonds. The molecular weight excluding hydrogens is 474 g/mol. The van der Waals surface area contributed by atoms with E-state index in [0.717, 1.165) is 0 Å². The number of likely N-dealkylation sites (tertiary alicyclic amines) is 1. The molecule has 182 valence electrons. The minimum Gasteiger partial charge on any atom is -0.474 e. The molecule has 0 aromatic carbocycles. The van der Waals surface area contributed by atoms with E-state index in [-0.39, 0.29) is 29.0 Å². The van der Waals surface area contributed by atoms with Crippen LogP contribution in [0.15, 0.2) is 36.8 Å². The number of rotatable bonds is 6. The van der Waals surface area contributed by atoms with Gasteiger partial charge in [-0.1, -0.05) is 11.6 Å². The minimum atomic E-state index is -1.14. The maximum absolute atomic E-state index is 13.1. The minimum absolute atomic E-state index is 0.0741. The Hall–Kier alpha value is -3.73. The van der Waals surface area contributed by atoms with Gasteiger partial charge in [0.1, 0.15) is 11.3 Å². The predicted molar refractivity (Wildman–Crippen MR) is 125 cm³/mol. The summed E-state index contributed by atoms with van der Waals surface area (Å²) in [7, 11) is 0. The number of hydrogen-bond donors (Lipinski definition) is 2. The van der Waals surface area contributed by atoms with Crippen molar-refractivity contribution >= 4 is 23.6 Å². The normalized spacial score (nSPS) is 20.9. The zero-order valence-corrected chi connectivity index (χ0v) is 20.1. The summed E-state index contributed by atoms with van der Waals surface area (Å²) in [6, 6.07) is 5.03. The molecule has 1 saturated heterocycles. The summed E-state index contributed by atoms with van der Waals surface area (Å²) >= 11 is 6.17. The standard InChI is InChI=1S/C23H24ClN7O4/c1-12-14(11-31(29-12)21-25-5-4-6-26-21)20(32)30-9-15-16(10-30)19(15)35-18-8-13(7-17(24)27-18)23(2,3)28-22(33)34/h4-8,11,15-16,19,28H,9-10H2,1-3H3,(H,33,34)/t15-,16+,19-. The number of aromatic nitrogens is 5. The van der Waals surface area contributed by atoms with E-state index in [2.05, 4.69) is 25.4 Å². The smallest absolute Gasteiger partial charge is 0.405 e. The molecule has 1 aliphatic carbocycles. The molecule has 0 unspecified atom stereocenters. The lowest BCUT2D eigenvalue weighted by Gasteiger charge is -2.26. The summed E-state index contributed by atoms with van der Waals surface area (Å²) in [5, 5.41) is 16.2. The summed E-state index contributed by atoms with van der Waals surface area (Å²) in [5.74, 6) is 1.05. The molecule has 3 atom stereocenters. The average molecular weight is 498 g/mol. The van der Waals surface area contributed by atoms with Crippen LogP contribution in [0.25, 0.3) is 5.95 Å². The first-order valence-corrected chi connectivity index (χ1v) is 11.5. The average Bonchev–Trinajstić information content (AvgIpc) is 3.14. The van der Waals surface area contributed by atoms with Gasteiger partial charge in [0.05, 0.1) is 16.8 Å². The molecule has 1 saturated carbocycles. The molecule has 2 N–H and O–H groups in total.